The van der Waals surface area contributed by atoms with Crippen molar-refractivity contribution < 1.29 is 8.78 Å². The fourth-order valence-electron chi connectivity index (χ4n) is 2.10. The van der Waals surface area contributed by atoms with Crippen LogP contribution in [0, 0.1) is 5.41 Å². The van der Waals surface area contributed by atoms with Gasteiger partial charge in [-0.15, -0.1) is 5.10 Å². The van der Waals surface area contributed by atoms with E-state index < -0.39 is 11.3 Å². The molecule has 2 N–H and O–H groups in total. The summed E-state index contributed by atoms with van der Waals surface area (Å²) in [6.07, 6.45) is 1.85. The predicted octanol–water partition coefficient (Wildman–Crippen LogP) is 0.437. The molecule has 0 radical (unpaired) electrons. The average molecular weight is 217 g/mol. The van der Waals surface area contributed by atoms with E-state index in [2.05, 4.69) is 15.5 Å². The van der Waals surface area contributed by atoms with Crippen LogP contribution in [0.15, 0.2) is 6.33 Å². The van der Waals surface area contributed by atoms with Crippen LogP contribution in [0.5, 0.6) is 0 Å². The SMILES string of the molecule is NCC1(CCn2cnnn2)CC(F)(F)C1. The minimum absolute atomic E-state index is 0.112. The standard InChI is InChI=1S/C8H13F2N5/c9-8(10)3-7(4-8,5-11)1-2-15-6-12-13-14-15/h6H,1-5,11H2. The van der Waals surface area contributed by atoms with E-state index >= 15 is 0 Å². The first-order valence-electron chi connectivity index (χ1n) is 4.84. The zero-order chi connectivity index (χ0) is 10.9. The molecule has 1 aromatic heterocycles. The minimum atomic E-state index is -2.53. The van der Waals surface area contributed by atoms with Crippen LogP contribution in [0.25, 0.3) is 0 Å². The first-order valence-corrected chi connectivity index (χ1v) is 4.84. The first kappa shape index (κ1) is 10.4. The second kappa shape index (κ2) is 3.48. The number of aryl methyl sites for hydroxylation is 1. The zero-order valence-corrected chi connectivity index (χ0v) is 8.24. The molecule has 0 aromatic carbocycles. The summed E-state index contributed by atoms with van der Waals surface area (Å²) in [6, 6.07) is 0. The van der Waals surface area contributed by atoms with Crippen LogP contribution < -0.4 is 5.73 Å². The Bertz CT molecular complexity index is 316. The third kappa shape index (κ3) is 2.11. The molecule has 1 fully saturated rings. The molecule has 1 aromatic rings. The van der Waals surface area contributed by atoms with Gasteiger partial charge >= 0.3 is 0 Å². The fraction of sp³-hybridized carbons (Fsp3) is 0.875. The summed E-state index contributed by atoms with van der Waals surface area (Å²) in [4.78, 5) is 0. The lowest BCUT2D eigenvalue weighted by Gasteiger charge is -2.46. The van der Waals surface area contributed by atoms with E-state index in [4.69, 9.17) is 5.73 Å². The van der Waals surface area contributed by atoms with Gasteiger partial charge < -0.3 is 5.73 Å². The van der Waals surface area contributed by atoms with Gasteiger partial charge in [0.2, 0.25) is 5.92 Å². The molecule has 0 atom stereocenters. The molecule has 5 nitrogen and oxygen atoms in total. The molecule has 7 heteroatoms. The lowest BCUT2D eigenvalue weighted by atomic mass is 9.64. The minimum Gasteiger partial charge on any atom is -0.330 e. The van der Waals surface area contributed by atoms with Crippen molar-refractivity contribution in [2.45, 2.75) is 31.7 Å². The largest absolute Gasteiger partial charge is 0.330 e. The van der Waals surface area contributed by atoms with E-state index in [-0.39, 0.29) is 12.8 Å². The number of alkyl halides is 2. The molecule has 1 heterocycles. The zero-order valence-electron chi connectivity index (χ0n) is 8.24. The maximum absolute atomic E-state index is 12.8. The number of aromatic nitrogens is 4. The molecule has 1 aliphatic carbocycles. The smallest absolute Gasteiger partial charge is 0.249 e. The van der Waals surface area contributed by atoms with Crippen LogP contribution in [-0.4, -0.2) is 32.7 Å². The molecule has 0 unspecified atom stereocenters. The highest BCUT2D eigenvalue weighted by Gasteiger charge is 2.55. The van der Waals surface area contributed by atoms with Gasteiger partial charge in [0.05, 0.1) is 0 Å². The van der Waals surface area contributed by atoms with Gasteiger partial charge in [-0.3, -0.25) is 0 Å². The van der Waals surface area contributed by atoms with Crippen molar-refractivity contribution in [1.29, 1.82) is 0 Å². The predicted molar refractivity (Wildman–Crippen MR) is 48.1 cm³/mol. The lowest BCUT2D eigenvalue weighted by Crippen LogP contribution is -2.50. The van der Waals surface area contributed by atoms with Crippen molar-refractivity contribution in [1.82, 2.24) is 20.2 Å². The summed E-state index contributed by atoms with van der Waals surface area (Å²) in [5, 5.41) is 10.6. The molecule has 1 aliphatic rings. The monoisotopic (exact) mass is 217 g/mol. The fourth-order valence-corrected chi connectivity index (χ4v) is 2.10. The van der Waals surface area contributed by atoms with Crippen molar-refractivity contribution in [2.24, 2.45) is 11.1 Å². The molecule has 0 spiro atoms. The maximum atomic E-state index is 12.8. The normalized spacial score (nSPS) is 22.3. The van der Waals surface area contributed by atoms with E-state index in [0.717, 1.165) is 0 Å². The van der Waals surface area contributed by atoms with Crippen LogP contribution in [0.1, 0.15) is 19.3 Å². The van der Waals surface area contributed by atoms with E-state index in [0.29, 0.717) is 19.5 Å². The van der Waals surface area contributed by atoms with E-state index in [1.807, 2.05) is 0 Å². The molecule has 1 saturated carbocycles. The van der Waals surface area contributed by atoms with Crippen LogP contribution >= 0.6 is 0 Å². The number of nitrogens with two attached hydrogens (primary N) is 1. The third-order valence-corrected chi connectivity index (χ3v) is 2.96. The van der Waals surface area contributed by atoms with Crippen LogP contribution in [0.2, 0.25) is 0 Å². The highest BCUT2D eigenvalue weighted by atomic mass is 19.3. The van der Waals surface area contributed by atoms with Gasteiger partial charge in [-0.1, -0.05) is 0 Å². The molecule has 15 heavy (non-hydrogen) atoms. The van der Waals surface area contributed by atoms with Crippen molar-refractivity contribution in [3.63, 3.8) is 0 Å². The van der Waals surface area contributed by atoms with E-state index in [9.17, 15) is 8.78 Å². The molecule has 2 rings (SSSR count). The molecule has 0 saturated heterocycles. The van der Waals surface area contributed by atoms with Crippen molar-refractivity contribution >= 4 is 0 Å². The van der Waals surface area contributed by atoms with Gasteiger partial charge in [-0.2, -0.15) is 0 Å². The number of tetrazole rings is 1. The summed E-state index contributed by atoms with van der Waals surface area (Å²) < 4.78 is 27.1. The summed E-state index contributed by atoms with van der Waals surface area (Å²) in [7, 11) is 0. The van der Waals surface area contributed by atoms with E-state index in [1.165, 1.54) is 11.0 Å². The van der Waals surface area contributed by atoms with Gasteiger partial charge in [-0.05, 0) is 28.8 Å². The number of nitrogens with zero attached hydrogens (tertiary/aromatic N) is 4. The van der Waals surface area contributed by atoms with Gasteiger partial charge in [0, 0.05) is 19.4 Å². The Labute approximate surface area is 85.6 Å². The van der Waals surface area contributed by atoms with Gasteiger partial charge in [0.15, 0.2) is 0 Å². The van der Waals surface area contributed by atoms with Crippen LogP contribution in [0.4, 0.5) is 8.78 Å². The Hall–Kier alpha value is -1.11. The highest BCUT2D eigenvalue weighted by molar-refractivity contribution is 4.99. The third-order valence-electron chi connectivity index (χ3n) is 2.96. The summed E-state index contributed by atoms with van der Waals surface area (Å²) in [6.45, 7) is 0.838. The van der Waals surface area contributed by atoms with Gasteiger partial charge in [-0.25, -0.2) is 13.5 Å². The van der Waals surface area contributed by atoms with Crippen LogP contribution in [-0.2, 0) is 6.54 Å². The maximum Gasteiger partial charge on any atom is 0.249 e. The number of hydrogen-bond donors (Lipinski definition) is 1. The molecular weight excluding hydrogens is 204 g/mol. The highest BCUT2D eigenvalue weighted by Crippen LogP contribution is 2.53. The summed E-state index contributed by atoms with van der Waals surface area (Å²) in [5.74, 6) is -2.53. The topological polar surface area (TPSA) is 69.6 Å². The Morgan fingerprint density at radius 2 is 2.13 bits per heavy atom. The molecular formula is C8H13F2N5. The van der Waals surface area contributed by atoms with Gasteiger partial charge in [0.25, 0.3) is 0 Å². The second-order valence-corrected chi connectivity index (χ2v) is 4.24. The second-order valence-electron chi connectivity index (χ2n) is 4.24. The van der Waals surface area contributed by atoms with Crippen molar-refractivity contribution in [3.05, 3.63) is 6.33 Å². The summed E-state index contributed by atoms with van der Waals surface area (Å²) in [5.41, 5.74) is 5.11. The lowest BCUT2D eigenvalue weighted by molar-refractivity contribution is -0.161. The average Bonchev–Trinajstić information content (AvgIpc) is 2.63. The van der Waals surface area contributed by atoms with Crippen molar-refractivity contribution in [2.75, 3.05) is 6.54 Å². The number of hydrogen-bond acceptors (Lipinski definition) is 4. The number of rotatable bonds is 4. The Morgan fingerprint density at radius 3 is 2.60 bits per heavy atom. The van der Waals surface area contributed by atoms with Crippen LogP contribution in [0.3, 0.4) is 0 Å². The van der Waals surface area contributed by atoms with Crippen molar-refractivity contribution in [3.8, 4) is 0 Å². The molecule has 0 amide bonds. The first-order chi connectivity index (χ1) is 7.05. The quantitative estimate of drug-likeness (QED) is 0.794. The Balaban J connectivity index is 1.88. The molecule has 0 bridgehead atoms. The number of halogens is 2. The Morgan fingerprint density at radius 1 is 1.40 bits per heavy atom. The summed E-state index contributed by atoms with van der Waals surface area (Å²) >= 11 is 0. The Kier molecular flexibility index (Phi) is 2.41. The van der Waals surface area contributed by atoms with Gasteiger partial charge in [0.1, 0.15) is 6.33 Å². The van der Waals surface area contributed by atoms with E-state index in [1.54, 1.807) is 0 Å². The molecule has 0 aliphatic heterocycles. The molecule has 84 valence electrons.